The van der Waals surface area contributed by atoms with Gasteiger partial charge in [0.1, 0.15) is 23.8 Å². The number of rotatable bonds is 47. The topological polar surface area (TPSA) is 581 Å². The van der Waals surface area contributed by atoms with Crippen LogP contribution >= 0.6 is 0 Å². The van der Waals surface area contributed by atoms with Crippen LogP contribution in [0.2, 0.25) is 0 Å². The highest BCUT2D eigenvalue weighted by Gasteiger charge is 2.33. The van der Waals surface area contributed by atoms with Gasteiger partial charge >= 0.3 is 0 Å². The summed E-state index contributed by atoms with van der Waals surface area (Å²) in [6, 6.07) is 10.5. The highest BCUT2D eigenvalue weighted by atomic mass is 16.7. The molecule has 19 N–H and O–H groups in total. The van der Waals surface area contributed by atoms with E-state index in [2.05, 4.69) is 46.6 Å². The van der Waals surface area contributed by atoms with Crippen LogP contribution in [0.25, 0.3) is 0 Å². The second-order valence-corrected chi connectivity index (χ2v) is 23.3. The number of hydrogen-bond acceptors (Lipinski definition) is 21. The highest BCUT2D eigenvalue weighted by molar-refractivity contribution is 6.09. The lowest BCUT2D eigenvalue weighted by molar-refractivity contribution is -0.525. The average Bonchev–Trinajstić information content (AvgIpc) is 1.10. The van der Waals surface area contributed by atoms with Gasteiger partial charge in [0.25, 0.3) is 11.9 Å². The first-order valence-electron chi connectivity index (χ1n) is 30.4. The van der Waals surface area contributed by atoms with Gasteiger partial charge in [0.2, 0.25) is 23.6 Å². The summed E-state index contributed by atoms with van der Waals surface area (Å²) < 4.78 is 0. The van der Waals surface area contributed by atoms with Crippen LogP contribution in [0.1, 0.15) is 135 Å². The number of aliphatic imine (C=N–C) groups is 4. The van der Waals surface area contributed by atoms with Crippen molar-refractivity contribution in [1.29, 1.82) is 0 Å². The lowest BCUT2D eigenvalue weighted by atomic mass is 9.86. The minimum atomic E-state index is -1.51. The molecule has 6 unspecified atom stereocenters. The SMILES string of the molecule is CC(=O)CC(=O)NC(Cc1ccccc1)C(=O)CC(=O)C(CC(=O)CC(=O)NC(CCCN=C(N)N)C(=O)CC(=O)C(CCCN=C(N)N)NC(=O)CC(=O)NC(CCCN=C(N)N[N+](=O)[O-])C(=O)CC(=O)C(CCCN=C(N)N[N+](=O)[O-])NC(C)(C)C)Cc1ccccc1. The van der Waals surface area contributed by atoms with Crippen molar-refractivity contribution in [2.24, 2.45) is 60.3 Å². The molecule has 35 heteroatoms. The van der Waals surface area contributed by atoms with Gasteiger partial charge in [-0.2, -0.15) is 0 Å². The Bertz CT molecular complexity index is 3130. The van der Waals surface area contributed by atoms with Gasteiger partial charge in [0.05, 0.1) is 62.3 Å². The number of Topliss-reactive ketones (excluding diaryl/α,β-unsaturated/α-hetero) is 8. The summed E-state index contributed by atoms with van der Waals surface area (Å²) in [5.41, 5.74) is 36.9. The van der Waals surface area contributed by atoms with Gasteiger partial charge in [-0.15, -0.1) is 0 Å². The molecule has 520 valence electrons. The molecular weight excluding hydrogens is 1240 g/mol. The number of guanidine groups is 4. The molecule has 0 bridgehead atoms. The van der Waals surface area contributed by atoms with Crippen molar-refractivity contribution < 1.29 is 67.6 Å². The van der Waals surface area contributed by atoms with Crippen molar-refractivity contribution in [2.45, 2.75) is 173 Å². The zero-order valence-electron chi connectivity index (χ0n) is 53.8. The summed E-state index contributed by atoms with van der Waals surface area (Å²) in [5, 5.41) is 32.7. The van der Waals surface area contributed by atoms with E-state index < -0.39 is 178 Å². The predicted molar refractivity (Wildman–Crippen MR) is 348 cm³/mol. The maximum absolute atomic E-state index is 14.1. The summed E-state index contributed by atoms with van der Waals surface area (Å²) >= 11 is 0. The van der Waals surface area contributed by atoms with Crippen molar-refractivity contribution in [3.63, 3.8) is 0 Å². The van der Waals surface area contributed by atoms with Gasteiger partial charge in [-0.1, -0.05) is 71.5 Å². The summed E-state index contributed by atoms with van der Waals surface area (Å²) in [7, 11) is 0. The Morgan fingerprint density at radius 2 is 0.779 bits per heavy atom. The van der Waals surface area contributed by atoms with Crippen molar-refractivity contribution in [1.82, 2.24) is 37.4 Å². The van der Waals surface area contributed by atoms with Crippen LogP contribution in [0.15, 0.2) is 80.6 Å². The number of hydrogen-bond donors (Lipinski definition) is 13. The molecule has 0 saturated carbocycles. The Kier molecular flexibility index (Phi) is 36.2. The molecule has 2 rings (SSSR count). The standard InChI is InChI=1S/C60H89N19O16/c1-36(80)27-52(88)74-45(29-38-17-9-6-10-18-38)51(87)32-46(82)39(28-37-15-7-5-8-16-37)30-40(81)31-53(89)71-41(19-11-23-67-56(61)62)47(83)33-48(84)42(20-12-24-68-57(63)64)72-54(90)35-55(91)73-43(21-13-25-69-58(65)76-78(92)93)49(85)34-50(86)44(75-60(2,3)4)22-14-26-70-59(66)77-79(94)95/h5-10,15-18,39,41-45,75H,11-14,19-35H2,1-4H3,(H,71,89)(H,72,90)(H,73,91)(H,74,88)(H4,61,62,67)(H4,63,64,68)(H3,65,69,76)(H3,66,70,77). The summed E-state index contributed by atoms with van der Waals surface area (Å²) in [5.74, 6) is -12.5. The zero-order valence-corrected chi connectivity index (χ0v) is 53.8. The molecular formula is C60H89N19O16. The van der Waals surface area contributed by atoms with Crippen molar-refractivity contribution in [3.05, 3.63) is 92.0 Å². The van der Waals surface area contributed by atoms with Crippen LogP contribution in [0.3, 0.4) is 0 Å². The van der Waals surface area contributed by atoms with E-state index in [1.54, 1.807) is 92.3 Å². The molecule has 0 aliphatic rings. The number of nitrogens with one attached hydrogen (secondary N) is 7. The second-order valence-electron chi connectivity index (χ2n) is 23.3. The van der Waals surface area contributed by atoms with E-state index in [1.807, 2.05) is 0 Å². The van der Waals surface area contributed by atoms with Gasteiger partial charge in [-0.05, 0) is 103 Å². The number of nitrogens with zero attached hydrogens (tertiary/aromatic N) is 6. The third-order valence-electron chi connectivity index (χ3n) is 13.7. The number of ketones is 8. The zero-order chi connectivity index (χ0) is 71.2. The Morgan fingerprint density at radius 1 is 0.442 bits per heavy atom. The second kappa shape index (κ2) is 42.6. The fourth-order valence-corrected chi connectivity index (χ4v) is 9.48. The van der Waals surface area contributed by atoms with Gasteiger partial charge in [-0.3, -0.25) is 67.5 Å². The summed E-state index contributed by atoms with van der Waals surface area (Å²) in [6.45, 7) is 6.12. The number of carbonyl (C=O) groups excluding carboxylic acids is 12. The average molecular weight is 1330 g/mol. The predicted octanol–water partition coefficient (Wildman–Crippen LogP) is -2.05. The molecule has 35 nitrogen and oxygen atoms in total. The number of amides is 4. The van der Waals surface area contributed by atoms with Gasteiger partial charge in [0, 0.05) is 44.1 Å². The molecule has 95 heavy (non-hydrogen) atoms. The Morgan fingerprint density at radius 3 is 1.17 bits per heavy atom. The molecule has 0 saturated heterocycles. The molecule has 2 aromatic carbocycles. The van der Waals surface area contributed by atoms with E-state index in [0.717, 1.165) is 0 Å². The van der Waals surface area contributed by atoms with Crippen LogP contribution in [0.4, 0.5) is 0 Å². The maximum Gasteiger partial charge on any atom is 0.251 e. The lowest BCUT2D eigenvalue weighted by Crippen LogP contribution is -2.50. The summed E-state index contributed by atoms with van der Waals surface area (Å²) in [4.78, 5) is 200. The van der Waals surface area contributed by atoms with Crippen LogP contribution < -0.4 is 71.8 Å². The fraction of sp³-hybridized carbons (Fsp3) is 0.533. The van der Waals surface area contributed by atoms with Crippen LogP contribution in [0, 0.1) is 26.1 Å². The Hall–Kier alpha value is -10.5. The van der Waals surface area contributed by atoms with Crippen molar-refractivity contribution >= 4 is 93.7 Å². The van der Waals surface area contributed by atoms with E-state index in [1.165, 1.54) is 6.92 Å². The molecule has 6 atom stereocenters. The van der Waals surface area contributed by atoms with E-state index >= 15 is 0 Å². The number of nitrogens with two attached hydrogens (primary N) is 6. The van der Waals surface area contributed by atoms with Crippen molar-refractivity contribution in [3.8, 4) is 0 Å². The smallest absolute Gasteiger partial charge is 0.251 e. The Labute approximate surface area is 548 Å². The van der Waals surface area contributed by atoms with Crippen LogP contribution in [-0.2, 0) is 70.4 Å². The lowest BCUT2D eigenvalue weighted by Gasteiger charge is -2.28. The van der Waals surface area contributed by atoms with E-state index in [9.17, 15) is 77.8 Å². The normalized spacial score (nSPS) is 13.3. The molecule has 0 aliphatic carbocycles. The maximum atomic E-state index is 14.1. The number of nitro groups is 2. The highest BCUT2D eigenvalue weighted by Crippen LogP contribution is 2.20. The molecule has 0 aromatic heterocycles. The van der Waals surface area contributed by atoms with E-state index in [0.29, 0.717) is 11.1 Å². The van der Waals surface area contributed by atoms with Gasteiger partial charge < -0.3 is 61.0 Å². The van der Waals surface area contributed by atoms with Crippen LogP contribution in [-0.4, -0.2) is 166 Å². The van der Waals surface area contributed by atoms with Gasteiger partial charge in [-0.25, -0.2) is 30.2 Å². The van der Waals surface area contributed by atoms with E-state index in [-0.39, 0.29) is 102 Å². The van der Waals surface area contributed by atoms with Crippen molar-refractivity contribution in [2.75, 3.05) is 26.2 Å². The summed E-state index contributed by atoms with van der Waals surface area (Å²) in [6.07, 6.45) is -5.71. The molecule has 0 radical (unpaired) electrons. The molecule has 2 aromatic rings. The number of benzene rings is 2. The molecule has 4 amide bonds. The largest absolute Gasteiger partial charge is 0.370 e. The first kappa shape index (κ1) is 80.6. The molecule has 0 aliphatic heterocycles. The minimum absolute atomic E-state index is 0.00990. The van der Waals surface area contributed by atoms with Gasteiger partial charge in [0.15, 0.2) is 50.9 Å². The first-order chi connectivity index (χ1) is 44.7. The molecule has 0 spiro atoms. The van der Waals surface area contributed by atoms with E-state index in [4.69, 9.17) is 34.4 Å². The molecule has 0 heterocycles. The monoisotopic (exact) mass is 1330 g/mol. The Balaban J connectivity index is 2.39. The number of hydrazine groups is 2. The quantitative estimate of drug-likeness (QED) is 0.00847. The third kappa shape index (κ3) is 37.0. The minimum Gasteiger partial charge on any atom is -0.370 e. The molecule has 0 fully saturated rings. The number of carbonyl (C=O) groups is 12. The first-order valence-corrected chi connectivity index (χ1v) is 30.4. The van der Waals surface area contributed by atoms with Crippen LogP contribution in [0.5, 0.6) is 0 Å². The fourth-order valence-electron chi connectivity index (χ4n) is 9.48. The third-order valence-corrected chi connectivity index (χ3v) is 13.7.